The Hall–Kier alpha value is -2.04. The number of hydrogen-bond acceptors (Lipinski definition) is 4. The topological polar surface area (TPSA) is 62.8 Å². The Labute approximate surface area is 112 Å². The summed E-state index contributed by atoms with van der Waals surface area (Å²) < 4.78 is 5.83. The van der Waals surface area contributed by atoms with Gasteiger partial charge in [0.25, 0.3) is 0 Å². The third kappa shape index (κ3) is 2.54. The molecular formula is C14H18N4O. The Morgan fingerprint density at radius 3 is 3.00 bits per heavy atom. The van der Waals surface area contributed by atoms with Gasteiger partial charge in [-0.05, 0) is 30.4 Å². The summed E-state index contributed by atoms with van der Waals surface area (Å²) in [5.74, 6) is 3.17. The summed E-state index contributed by atoms with van der Waals surface area (Å²) in [6.45, 7) is 3.07. The van der Waals surface area contributed by atoms with E-state index in [4.69, 9.17) is 4.74 Å². The summed E-state index contributed by atoms with van der Waals surface area (Å²) in [7, 11) is 1.83. The molecule has 2 atom stereocenters. The number of ether oxygens (including phenoxy) is 1. The Bertz CT molecular complexity index is 566. The zero-order valence-corrected chi connectivity index (χ0v) is 11.2. The van der Waals surface area contributed by atoms with Gasteiger partial charge in [0.2, 0.25) is 0 Å². The van der Waals surface area contributed by atoms with Crippen LogP contribution in [0.15, 0.2) is 24.3 Å². The quantitative estimate of drug-likeness (QED) is 0.865. The van der Waals surface area contributed by atoms with E-state index in [-0.39, 0.29) is 0 Å². The monoisotopic (exact) mass is 258 g/mol. The molecule has 0 aliphatic heterocycles. The van der Waals surface area contributed by atoms with Gasteiger partial charge in [-0.1, -0.05) is 19.1 Å². The molecule has 1 aromatic heterocycles. The first-order valence-electron chi connectivity index (χ1n) is 6.59. The highest BCUT2D eigenvalue weighted by Gasteiger charge is 2.32. The number of nitrogens with zero attached hydrogens (tertiary/aromatic N) is 2. The third-order valence-electron chi connectivity index (χ3n) is 3.63. The van der Waals surface area contributed by atoms with Gasteiger partial charge in [0.15, 0.2) is 5.82 Å². The molecule has 0 saturated heterocycles. The fourth-order valence-electron chi connectivity index (χ4n) is 2.17. The minimum absolute atomic E-state index is 0.726. The van der Waals surface area contributed by atoms with Crippen molar-refractivity contribution >= 4 is 5.82 Å². The molecule has 1 aliphatic rings. The Kier molecular flexibility index (Phi) is 3.11. The number of aromatic amines is 1. The summed E-state index contributed by atoms with van der Waals surface area (Å²) in [6.07, 6.45) is 1.28. The zero-order valence-electron chi connectivity index (χ0n) is 11.2. The molecule has 1 aliphatic carbocycles. The van der Waals surface area contributed by atoms with Crippen molar-refractivity contribution in [3.63, 3.8) is 0 Å². The smallest absolute Gasteiger partial charge is 0.176 e. The predicted octanol–water partition coefficient (Wildman–Crippen LogP) is 2.55. The molecule has 5 heteroatoms. The second kappa shape index (κ2) is 4.91. The second-order valence-electron chi connectivity index (χ2n) is 5.08. The number of H-pyrrole nitrogens is 1. The molecule has 1 heterocycles. The minimum Gasteiger partial charge on any atom is -0.493 e. The lowest BCUT2D eigenvalue weighted by atomic mass is 10.1. The molecule has 5 nitrogen and oxygen atoms in total. The fourth-order valence-corrected chi connectivity index (χ4v) is 2.17. The van der Waals surface area contributed by atoms with Crippen LogP contribution in [-0.2, 0) is 0 Å². The van der Waals surface area contributed by atoms with Crippen LogP contribution in [0.1, 0.15) is 13.3 Å². The van der Waals surface area contributed by atoms with E-state index in [1.165, 1.54) is 6.42 Å². The normalized spacial score (nSPS) is 21.2. The summed E-state index contributed by atoms with van der Waals surface area (Å²) in [5.41, 5.74) is 1.81. The Balaban J connectivity index is 1.75. The molecule has 3 rings (SSSR count). The van der Waals surface area contributed by atoms with Crippen molar-refractivity contribution in [2.24, 2.45) is 11.8 Å². The lowest BCUT2D eigenvalue weighted by Gasteiger charge is -2.07. The molecule has 2 N–H and O–H groups in total. The number of aromatic nitrogens is 3. The molecular weight excluding hydrogens is 240 g/mol. The molecule has 0 amide bonds. The number of hydrogen-bond donors (Lipinski definition) is 2. The first-order valence-corrected chi connectivity index (χ1v) is 6.59. The van der Waals surface area contributed by atoms with Gasteiger partial charge in [0.05, 0.1) is 6.61 Å². The minimum atomic E-state index is 0.726. The summed E-state index contributed by atoms with van der Waals surface area (Å²) >= 11 is 0. The maximum atomic E-state index is 5.83. The van der Waals surface area contributed by atoms with Gasteiger partial charge < -0.3 is 10.1 Å². The third-order valence-corrected chi connectivity index (χ3v) is 3.63. The molecule has 2 unspecified atom stereocenters. The van der Waals surface area contributed by atoms with Crippen molar-refractivity contribution in [1.29, 1.82) is 0 Å². The highest BCUT2D eigenvalue weighted by atomic mass is 16.5. The van der Waals surface area contributed by atoms with Crippen LogP contribution in [-0.4, -0.2) is 29.1 Å². The van der Waals surface area contributed by atoms with Crippen molar-refractivity contribution < 1.29 is 4.74 Å². The lowest BCUT2D eigenvalue weighted by molar-refractivity contribution is 0.293. The fraction of sp³-hybridized carbons (Fsp3) is 0.429. The molecule has 0 spiro atoms. The van der Waals surface area contributed by atoms with Crippen molar-refractivity contribution in [3.8, 4) is 17.0 Å². The lowest BCUT2D eigenvalue weighted by Crippen LogP contribution is -2.00. The largest absolute Gasteiger partial charge is 0.493 e. The highest BCUT2D eigenvalue weighted by molar-refractivity contribution is 5.71. The van der Waals surface area contributed by atoms with Crippen LogP contribution in [0.25, 0.3) is 11.3 Å². The highest BCUT2D eigenvalue weighted by Crippen LogP contribution is 2.38. The number of nitrogens with one attached hydrogen (secondary N) is 2. The molecule has 1 saturated carbocycles. The number of anilines is 1. The number of rotatable bonds is 5. The first-order chi connectivity index (χ1) is 9.28. The molecule has 1 fully saturated rings. The van der Waals surface area contributed by atoms with E-state index in [9.17, 15) is 0 Å². The van der Waals surface area contributed by atoms with Crippen LogP contribution in [0.5, 0.6) is 5.75 Å². The van der Waals surface area contributed by atoms with E-state index in [1.807, 2.05) is 31.3 Å². The van der Waals surface area contributed by atoms with Gasteiger partial charge >= 0.3 is 0 Å². The van der Waals surface area contributed by atoms with Gasteiger partial charge in [-0.25, -0.2) is 0 Å². The number of benzene rings is 1. The van der Waals surface area contributed by atoms with E-state index in [0.29, 0.717) is 0 Å². The van der Waals surface area contributed by atoms with Crippen molar-refractivity contribution in [3.05, 3.63) is 24.3 Å². The average Bonchev–Trinajstić information content (AvgIpc) is 2.95. The predicted molar refractivity (Wildman–Crippen MR) is 74.1 cm³/mol. The zero-order chi connectivity index (χ0) is 13.2. The van der Waals surface area contributed by atoms with E-state index < -0.39 is 0 Å². The average molecular weight is 258 g/mol. The molecule has 0 radical (unpaired) electrons. The van der Waals surface area contributed by atoms with Crippen LogP contribution in [0.4, 0.5) is 5.82 Å². The summed E-state index contributed by atoms with van der Waals surface area (Å²) in [4.78, 5) is 0. The van der Waals surface area contributed by atoms with E-state index in [2.05, 4.69) is 27.7 Å². The maximum absolute atomic E-state index is 5.83. The summed E-state index contributed by atoms with van der Waals surface area (Å²) in [6, 6.07) is 7.97. The van der Waals surface area contributed by atoms with Crippen LogP contribution < -0.4 is 10.1 Å². The SMILES string of the molecule is CNc1n[nH]nc1-c1cccc(OCC2CC2C)c1. The van der Waals surface area contributed by atoms with Crippen LogP contribution in [0.2, 0.25) is 0 Å². The van der Waals surface area contributed by atoms with Crippen LogP contribution >= 0.6 is 0 Å². The Morgan fingerprint density at radius 2 is 2.26 bits per heavy atom. The van der Waals surface area contributed by atoms with Gasteiger partial charge in [-0.15, -0.1) is 5.10 Å². The van der Waals surface area contributed by atoms with Crippen LogP contribution in [0, 0.1) is 11.8 Å². The first kappa shape index (κ1) is 12.0. The molecule has 100 valence electrons. The van der Waals surface area contributed by atoms with E-state index in [0.717, 1.165) is 41.3 Å². The van der Waals surface area contributed by atoms with Crippen LogP contribution in [0.3, 0.4) is 0 Å². The molecule has 19 heavy (non-hydrogen) atoms. The van der Waals surface area contributed by atoms with Crippen molar-refractivity contribution in [2.45, 2.75) is 13.3 Å². The second-order valence-corrected chi connectivity index (χ2v) is 5.08. The van der Waals surface area contributed by atoms with E-state index in [1.54, 1.807) is 0 Å². The van der Waals surface area contributed by atoms with Crippen molar-refractivity contribution in [2.75, 3.05) is 19.0 Å². The van der Waals surface area contributed by atoms with Gasteiger partial charge in [-0.2, -0.15) is 10.3 Å². The van der Waals surface area contributed by atoms with Gasteiger partial charge in [-0.3, -0.25) is 0 Å². The van der Waals surface area contributed by atoms with Gasteiger partial charge in [0, 0.05) is 12.6 Å². The molecule has 1 aromatic carbocycles. The van der Waals surface area contributed by atoms with Crippen molar-refractivity contribution in [1.82, 2.24) is 15.4 Å². The summed E-state index contributed by atoms with van der Waals surface area (Å²) in [5, 5.41) is 13.9. The Morgan fingerprint density at radius 1 is 1.42 bits per heavy atom. The maximum Gasteiger partial charge on any atom is 0.176 e. The standard InChI is InChI=1S/C14H18N4O/c1-9-6-11(9)8-19-12-5-3-4-10(7-12)13-14(15-2)17-18-16-13/h3-5,7,9,11H,6,8H2,1-2H3,(H2,15,16,17,18). The van der Waals surface area contributed by atoms with Gasteiger partial charge in [0.1, 0.15) is 11.4 Å². The molecule has 0 bridgehead atoms. The molecule has 2 aromatic rings. The van der Waals surface area contributed by atoms with E-state index >= 15 is 0 Å².